The molecule has 0 fully saturated rings. The molecule has 1 unspecified atom stereocenters. The van der Waals surface area contributed by atoms with E-state index in [2.05, 4.69) is 24.1 Å². The highest BCUT2D eigenvalue weighted by atomic mass is 16.5. The molecule has 0 aliphatic heterocycles. The van der Waals surface area contributed by atoms with E-state index in [4.69, 9.17) is 4.74 Å². The number of rotatable bonds is 5. The van der Waals surface area contributed by atoms with Gasteiger partial charge in [-0.15, -0.1) is 0 Å². The van der Waals surface area contributed by atoms with Crippen molar-refractivity contribution < 1.29 is 9.84 Å². The third-order valence-corrected chi connectivity index (χ3v) is 3.39. The fraction of sp³-hybridized carbons (Fsp3) is 0.312. The van der Waals surface area contributed by atoms with Gasteiger partial charge in [0.25, 0.3) is 0 Å². The van der Waals surface area contributed by atoms with E-state index in [9.17, 15) is 5.11 Å². The largest absolute Gasteiger partial charge is 0.504 e. The molecule has 0 amide bonds. The Morgan fingerprint density at radius 2 is 2.15 bits per heavy atom. The van der Waals surface area contributed by atoms with Crippen LogP contribution in [-0.2, 0) is 6.54 Å². The van der Waals surface area contributed by atoms with Crippen LogP contribution in [0.5, 0.6) is 11.5 Å². The zero-order valence-electron chi connectivity index (χ0n) is 12.1. The van der Waals surface area contributed by atoms with Gasteiger partial charge in [-0.3, -0.25) is 4.98 Å². The second-order valence-electron chi connectivity index (χ2n) is 4.84. The Bertz CT molecular complexity index is 584. The third-order valence-electron chi connectivity index (χ3n) is 3.39. The van der Waals surface area contributed by atoms with Crippen LogP contribution in [-0.4, -0.2) is 17.2 Å². The summed E-state index contributed by atoms with van der Waals surface area (Å²) >= 11 is 0. The summed E-state index contributed by atoms with van der Waals surface area (Å²) in [6.07, 6.45) is 3.67. The fourth-order valence-corrected chi connectivity index (χ4v) is 2.20. The number of phenols is 1. The van der Waals surface area contributed by atoms with Gasteiger partial charge in [0, 0.05) is 25.0 Å². The van der Waals surface area contributed by atoms with E-state index in [1.807, 2.05) is 18.3 Å². The van der Waals surface area contributed by atoms with Gasteiger partial charge < -0.3 is 15.2 Å². The van der Waals surface area contributed by atoms with E-state index < -0.39 is 0 Å². The SMILES string of the molecule is COc1ccc(CNC(C)c2ccncc2C)cc1O. The molecule has 4 heteroatoms. The minimum Gasteiger partial charge on any atom is -0.504 e. The van der Waals surface area contributed by atoms with Crippen LogP contribution < -0.4 is 10.1 Å². The fourth-order valence-electron chi connectivity index (χ4n) is 2.20. The van der Waals surface area contributed by atoms with Gasteiger partial charge in [-0.2, -0.15) is 0 Å². The molecule has 0 radical (unpaired) electrons. The van der Waals surface area contributed by atoms with Crippen molar-refractivity contribution in [3.63, 3.8) is 0 Å². The first kappa shape index (κ1) is 14.3. The van der Waals surface area contributed by atoms with Gasteiger partial charge in [-0.25, -0.2) is 0 Å². The van der Waals surface area contributed by atoms with Gasteiger partial charge in [0.05, 0.1) is 7.11 Å². The Morgan fingerprint density at radius 1 is 1.35 bits per heavy atom. The van der Waals surface area contributed by atoms with E-state index in [0.29, 0.717) is 12.3 Å². The smallest absolute Gasteiger partial charge is 0.160 e. The number of pyridine rings is 1. The van der Waals surface area contributed by atoms with Gasteiger partial charge in [0.15, 0.2) is 11.5 Å². The Kier molecular flexibility index (Phi) is 4.58. The molecule has 20 heavy (non-hydrogen) atoms. The maximum atomic E-state index is 9.76. The maximum absolute atomic E-state index is 9.76. The van der Waals surface area contributed by atoms with E-state index >= 15 is 0 Å². The average Bonchev–Trinajstić information content (AvgIpc) is 2.45. The predicted octanol–water partition coefficient (Wildman–Crippen LogP) is 2.96. The number of nitrogens with one attached hydrogen (secondary N) is 1. The molecule has 0 saturated carbocycles. The second-order valence-corrected chi connectivity index (χ2v) is 4.84. The van der Waals surface area contributed by atoms with Crippen LogP contribution in [0.4, 0.5) is 0 Å². The van der Waals surface area contributed by atoms with Crippen molar-refractivity contribution in [1.29, 1.82) is 0 Å². The molecule has 0 spiro atoms. The molecule has 0 saturated heterocycles. The highest BCUT2D eigenvalue weighted by molar-refractivity contribution is 5.41. The standard InChI is InChI=1S/C16H20N2O2/c1-11-9-17-7-6-14(11)12(2)18-10-13-4-5-16(20-3)15(19)8-13/h4-9,12,18-19H,10H2,1-3H3. The number of nitrogens with zero attached hydrogens (tertiary/aromatic N) is 1. The van der Waals surface area contributed by atoms with Crippen molar-refractivity contribution >= 4 is 0 Å². The highest BCUT2D eigenvalue weighted by Crippen LogP contribution is 2.26. The van der Waals surface area contributed by atoms with Gasteiger partial charge in [0.2, 0.25) is 0 Å². The lowest BCUT2D eigenvalue weighted by Crippen LogP contribution is -2.19. The van der Waals surface area contributed by atoms with Gasteiger partial charge in [0.1, 0.15) is 0 Å². The molecule has 1 aromatic heterocycles. The molecular formula is C16H20N2O2. The summed E-state index contributed by atoms with van der Waals surface area (Å²) in [6, 6.07) is 7.69. The zero-order chi connectivity index (χ0) is 14.5. The van der Waals surface area contributed by atoms with E-state index in [1.165, 1.54) is 11.1 Å². The summed E-state index contributed by atoms with van der Waals surface area (Å²) in [5.41, 5.74) is 3.42. The summed E-state index contributed by atoms with van der Waals surface area (Å²) in [4.78, 5) is 4.10. The lowest BCUT2D eigenvalue weighted by Gasteiger charge is -2.16. The van der Waals surface area contributed by atoms with E-state index in [0.717, 1.165) is 5.56 Å². The molecule has 4 nitrogen and oxygen atoms in total. The Labute approximate surface area is 119 Å². The van der Waals surface area contributed by atoms with Crippen molar-refractivity contribution in [3.05, 3.63) is 53.3 Å². The van der Waals surface area contributed by atoms with Gasteiger partial charge >= 0.3 is 0 Å². The first-order valence-corrected chi connectivity index (χ1v) is 6.61. The number of hydrogen-bond donors (Lipinski definition) is 2. The summed E-state index contributed by atoms with van der Waals surface area (Å²) in [5, 5.41) is 13.2. The molecule has 2 N–H and O–H groups in total. The van der Waals surface area contributed by atoms with Crippen LogP contribution in [0, 0.1) is 6.92 Å². The number of aromatic nitrogens is 1. The molecule has 1 atom stereocenters. The number of phenolic OH excluding ortho intramolecular Hbond substituents is 1. The van der Waals surface area contributed by atoms with E-state index in [-0.39, 0.29) is 11.8 Å². The summed E-state index contributed by atoms with van der Waals surface area (Å²) in [7, 11) is 1.54. The van der Waals surface area contributed by atoms with Crippen molar-refractivity contribution in [1.82, 2.24) is 10.3 Å². The average molecular weight is 272 g/mol. The van der Waals surface area contributed by atoms with Crippen LogP contribution >= 0.6 is 0 Å². The topological polar surface area (TPSA) is 54.4 Å². The first-order valence-electron chi connectivity index (χ1n) is 6.61. The molecule has 1 heterocycles. The number of aromatic hydroxyl groups is 1. The molecule has 106 valence electrons. The van der Waals surface area contributed by atoms with Crippen LogP contribution in [0.1, 0.15) is 29.7 Å². The Hall–Kier alpha value is -2.07. The predicted molar refractivity (Wildman–Crippen MR) is 78.9 cm³/mol. The molecule has 0 aliphatic carbocycles. The molecule has 0 aliphatic rings. The molecule has 2 aromatic rings. The summed E-state index contributed by atoms with van der Waals surface area (Å²) < 4.78 is 5.03. The molecule has 2 rings (SSSR count). The van der Waals surface area contributed by atoms with Crippen LogP contribution in [0.25, 0.3) is 0 Å². The second kappa shape index (κ2) is 6.39. The number of hydrogen-bond acceptors (Lipinski definition) is 4. The van der Waals surface area contributed by atoms with Crippen LogP contribution in [0.15, 0.2) is 36.7 Å². The number of ether oxygens (including phenoxy) is 1. The minimum atomic E-state index is 0.166. The number of methoxy groups -OCH3 is 1. The number of aryl methyl sites for hydroxylation is 1. The zero-order valence-corrected chi connectivity index (χ0v) is 12.1. The molecular weight excluding hydrogens is 252 g/mol. The van der Waals surface area contributed by atoms with Crippen molar-refractivity contribution in [2.75, 3.05) is 7.11 Å². The van der Waals surface area contributed by atoms with Crippen molar-refractivity contribution in [2.24, 2.45) is 0 Å². The molecule has 0 bridgehead atoms. The maximum Gasteiger partial charge on any atom is 0.160 e. The van der Waals surface area contributed by atoms with Crippen molar-refractivity contribution in [2.45, 2.75) is 26.4 Å². The summed E-state index contributed by atoms with van der Waals surface area (Å²) in [5.74, 6) is 0.659. The van der Waals surface area contributed by atoms with Crippen LogP contribution in [0.2, 0.25) is 0 Å². The minimum absolute atomic E-state index is 0.166. The summed E-state index contributed by atoms with van der Waals surface area (Å²) in [6.45, 7) is 4.85. The normalized spacial score (nSPS) is 12.2. The Morgan fingerprint density at radius 3 is 2.80 bits per heavy atom. The quantitative estimate of drug-likeness (QED) is 0.878. The lowest BCUT2D eigenvalue weighted by molar-refractivity contribution is 0.373. The third kappa shape index (κ3) is 3.27. The van der Waals surface area contributed by atoms with Gasteiger partial charge in [-0.05, 0) is 48.7 Å². The molecule has 1 aromatic carbocycles. The first-order chi connectivity index (χ1) is 9.61. The lowest BCUT2D eigenvalue weighted by atomic mass is 10.0. The monoisotopic (exact) mass is 272 g/mol. The Balaban J connectivity index is 2.02. The van der Waals surface area contributed by atoms with Gasteiger partial charge in [-0.1, -0.05) is 6.07 Å². The number of benzene rings is 1. The van der Waals surface area contributed by atoms with Crippen molar-refractivity contribution in [3.8, 4) is 11.5 Å². The highest BCUT2D eigenvalue weighted by Gasteiger charge is 2.08. The van der Waals surface area contributed by atoms with Crippen LogP contribution in [0.3, 0.4) is 0 Å². The van der Waals surface area contributed by atoms with E-state index in [1.54, 1.807) is 25.4 Å².